The van der Waals surface area contributed by atoms with Crippen LogP contribution in [0.25, 0.3) is 0 Å². The number of alkyl carbamates (subject to hydrolysis) is 1. The van der Waals surface area contributed by atoms with Crippen molar-refractivity contribution in [3.8, 4) is 0 Å². The number of nitrogens with zero attached hydrogens (tertiary/aromatic N) is 2. The number of amides is 1. The van der Waals surface area contributed by atoms with Crippen LogP contribution in [0.1, 0.15) is 37.6 Å². The van der Waals surface area contributed by atoms with Gasteiger partial charge in [0.15, 0.2) is 0 Å². The first kappa shape index (κ1) is 17.0. The quantitative estimate of drug-likeness (QED) is 0.939. The number of hydrogen-bond acceptors (Lipinski definition) is 3. The third kappa shape index (κ3) is 5.09. The summed E-state index contributed by atoms with van der Waals surface area (Å²) in [6.07, 6.45) is 1.26. The molecule has 0 aliphatic rings. The van der Waals surface area contributed by atoms with Crippen LogP contribution >= 0.6 is 0 Å². The van der Waals surface area contributed by atoms with Gasteiger partial charge in [-0.05, 0) is 45.4 Å². The van der Waals surface area contributed by atoms with Gasteiger partial charge >= 0.3 is 6.09 Å². The molecule has 0 spiro atoms. The Morgan fingerprint density at radius 2 is 1.96 bits per heavy atom. The normalized spacial score (nSPS) is 11.3. The molecular weight excluding hydrogens is 297 g/mol. The van der Waals surface area contributed by atoms with E-state index in [1.807, 2.05) is 32.4 Å². The number of halogens is 1. The minimum atomic E-state index is -0.522. The molecule has 0 atom stereocenters. The predicted octanol–water partition coefficient (Wildman–Crippen LogP) is 3.40. The van der Waals surface area contributed by atoms with Crippen molar-refractivity contribution in [1.82, 2.24) is 15.1 Å². The zero-order valence-electron chi connectivity index (χ0n) is 13.9. The molecule has 0 aliphatic heterocycles. The zero-order valence-corrected chi connectivity index (χ0v) is 13.9. The Balaban J connectivity index is 1.96. The van der Waals surface area contributed by atoms with Crippen LogP contribution < -0.4 is 5.32 Å². The van der Waals surface area contributed by atoms with Crippen LogP contribution in [-0.2, 0) is 17.8 Å². The zero-order chi connectivity index (χ0) is 17.0. The summed E-state index contributed by atoms with van der Waals surface area (Å²) >= 11 is 0. The number of ether oxygens (including phenoxy) is 1. The summed E-state index contributed by atoms with van der Waals surface area (Å²) in [5, 5.41) is 7.03. The summed E-state index contributed by atoms with van der Waals surface area (Å²) in [5.74, 6) is -0.256. The summed E-state index contributed by atoms with van der Waals surface area (Å²) in [7, 11) is 0. The highest BCUT2D eigenvalue weighted by molar-refractivity contribution is 5.67. The standard InChI is InChI=1S/C17H22FN3O2/c1-12-14(9-19-16(22)23-17(2,3)4)10-20-21(12)11-13-5-7-15(18)8-6-13/h5-8,10H,9,11H2,1-4H3,(H,19,22). The largest absolute Gasteiger partial charge is 0.444 e. The SMILES string of the molecule is Cc1c(CNC(=O)OC(C)(C)C)cnn1Cc1ccc(F)cc1. The van der Waals surface area contributed by atoms with Crippen LogP contribution in [0.2, 0.25) is 0 Å². The number of aromatic nitrogens is 2. The van der Waals surface area contributed by atoms with Crippen LogP contribution in [0.4, 0.5) is 9.18 Å². The Morgan fingerprint density at radius 3 is 2.57 bits per heavy atom. The van der Waals surface area contributed by atoms with Crippen LogP contribution in [0, 0.1) is 12.7 Å². The smallest absolute Gasteiger partial charge is 0.407 e. The summed E-state index contributed by atoms with van der Waals surface area (Å²) in [4.78, 5) is 11.7. The summed E-state index contributed by atoms with van der Waals surface area (Å²) in [5.41, 5.74) is 2.30. The molecule has 1 heterocycles. The molecule has 1 amide bonds. The second-order valence-electron chi connectivity index (χ2n) is 6.39. The Bertz CT molecular complexity index is 672. The van der Waals surface area contributed by atoms with E-state index in [4.69, 9.17) is 4.74 Å². The molecule has 0 unspecified atom stereocenters. The minimum Gasteiger partial charge on any atom is -0.444 e. The number of nitrogens with one attached hydrogen (secondary N) is 1. The first-order valence-corrected chi connectivity index (χ1v) is 7.47. The van der Waals surface area contributed by atoms with Gasteiger partial charge in [-0.25, -0.2) is 9.18 Å². The van der Waals surface area contributed by atoms with E-state index >= 15 is 0 Å². The highest BCUT2D eigenvalue weighted by Crippen LogP contribution is 2.12. The van der Waals surface area contributed by atoms with Crippen molar-refractivity contribution in [3.63, 3.8) is 0 Å². The van der Waals surface area contributed by atoms with Crippen LogP contribution in [0.3, 0.4) is 0 Å². The van der Waals surface area contributed by atoms with Crippen LogP contribution in [0.5, 0.6) is 0 Å². The van der Waals surface area contributed by atoms with E-state index in [0.29, 0.717) is 13.1 Å². The minimum absolute atomic E-state index is 0.256. The molecule has 1 aromatic carbocycles. The van der Waals surface area contributed by atoms with Gasteiger partial charge in [-0.1, -0.05) is 12.1 Å². The Hall–Kier alpha value is -2.37. The number of carbonyl (C=O) groups is 1. The molecule has 5 nitrogen and oxygen atoms in total. The van der Waals surface area contributed by atoms with Gasteiger partial charge < -0.3 is 10.1 Å². The fourth-order valence-electron chi connectivity index (χ4n) is 2.06. The predicted molar refractivity (Wildman–Crippen MR) is 85.5 cm³/mol. The molecule has 0 fully saturated rings. The maximum atomic E-state index is 12.9. The lowest BCUT2D eigenvalue weighted by Crippen LogP contribution is -2.32. The molecule has 0 bridgehead atoms. The van der Waals surface area contributed by atoms with E-state index in [0.717, 1.165) is 16.8 Å². The molecule has 0 aliphatic carbocycles. The second kappa shape index (κ2) is 6.81. The van der Waals surface area contributed by atoms with Crippen molar-refractivity contribution in [2.24, 2.45) is 0 Å². The molecule has 124 valence electrons. The lowest BCUT2D eigenvalue weighted by molar-refractivity contribution is 0.0523. The number of hydrogen-bond donors (Lipinski definition) is 1. The van der Waals surface area contributed by atoms with Gasteiger partial charge in [-0.15, -0.1) is 0 Å². The van der Waals surface area contributed by atoms with Crippen molar-refractivity contribution in [1.29, 1.82) is 0 Å². The van der Waals surface area contributed by atoms with E-state index in [-0.39, 0.29) is 5.82 Å². The molecule has 0 saturated heterocycles. The van der Waals surface area contributed by atoms with E-state index in [2.05, 4.69) is 10.4 Å². The van der Waals surface area contributed by atoms with Crippen molar-refractivity contribution in [3.05, 3.63) is 53.1 Å². The summed E-state index contributed by atoms with van der Waals surface area (Å²) in [6, 6.07) is 6.32. The molecule has 6 heteroatoms. The molecule has 1 aromatic heterocycles. The fourth-order valence-corrected chi connectivity index (χ4v) is 2.06. The van der Waals surface area contributed by atoms with Crippen LogP contribution in [0.15, 0.2) is 30.5 Å². The topological polar surface area (TPSA) is 56.1 Å². The van der Waals surface area contributed by atoms with E-state index in [1.165, 1.54) is 12.1 Å². The maximum absolute atomic E-state index is 12.9. The Labute approximate surface area is 135 Å². The molecular formula is C17H22FN3O2. The van der Waals surface area contributed by atoms with E-state index < -0.39 is 11.7 Å². The molecule has 2 aromatic rings. The molecule has 2 rings (SSSR count). The third-order valence-electron chi connectivity index (χ3n) is 3.27. The van der Waals surface area contributed by atoms with E-state index in [1.54, 1.807) is 18.3 Å². The van der Waals surface area contributed by atoms with E-state index in [9.17, 15) is 9.18 Å². The monoisotopic (exact) mass is 319 g/mol. The number of rotatable bonds is 4. The summed E-state index contributed by atoms with van der Waals surface area (Å²) < 4.78 is 19.9. The van der Waals surface area contributed by atoms with Gasteiger partial charge in [0, 0.05) is 17.8 Å². The van der Waals surface area contributed by atoms with Gasteiger partial charge in [-0.3, -0.25) is 4.68 Å². The van der Waals surface area contributed by atoms with Gasteiger partial charge in [0.05, 0.1) is 12.7 Å². The van der Waals surface area contributed by atoms with Crippen molar-refractivity contribution in [2.75, 3.05) is 0 Å². The van der Waals surface area contributed by atoms with Crippen molar-refractivity contribution >= 4 is 6.09 Å². The molecule has 1 N–H and O–H groups in total. The fraction of sp³-hybridized carbons (Fsp3) is 0.412. The van der Waals surface area contributed by atoms with Crippen LogP contribution in [-0.4, -0.2) is 21.5 Å². The first-order chi connectivity index (χ1) is 10.7. The first-order valence-electron chi connectivity index (χ1n) is 7.47. The number of carbonyl (C=O) groups excluding carboxylic acids is 1. The number of benzene rings is 1. The Kier molecular flexibility index (Phi) is 5.03. The molecule has 0 radical (unpaired) electrons. The molecule has 0 saturated carbocycles. The summed E-state index contributed by atoms with van der Waals surface area (Å²) in [6.45, 7) is 8.29. The van der Waals surface area contributed by atoms with Crippen molar-refractivity contribution in [2.45, 2.75) is 46.4 Å². The van der Waals surface area contributed by atoms with Gasteiger partial charge in [0.2, 0.25) is 0 Å². The van der Waals surface area contributed by atoms with Gasteiger partial charge in [-0.2, -0.15) is 5.10 Å². The Morgan fingerprint density at radius 1 is 1.30 bits per heavy atom. The third-order valence-corrected chi connectivity index (χ3v) is 3.27. The van der Waals surface area contributed by atoms with Gasteiger partial charge in [0.25, 0.3) is 0 Å². The van der Waals surface area contributed by atoms with Gasteiger partial charge in [0.1, 0.15) is 11.4 Å². The second-order valence-corrected chi connectivity index (χ2v) is 6.39. The average molecular weight is 319 g/mol. The lowest BCUT2D eigenvalue weighted by Gasteiger charge is -2.19. The highest BCUT2D eigenvalue weighted by atomic mass is 19.1. The maximum Gasteiger partial charge on any atom is 0.407 e. The molecule has 23 heavy (non-hydrogen) atoms. The lowest BCUT2D eigenvalue weighted by atomic mass is 10.2. The average Bonchev–Trinajstić information content (AvgIpc) is 2.78. The highest BCUT2D eigenvalue weighted by Gasteiger charge is 2.16. The van der Waals surface area contributed by atoms with Crippen molar-refractivity contribution < 1.29 is 13.9 Å².